The molecule has 4 nitrogen and oxygen atoms in total. The van der Waals surface area contributed by atoms with E-state index in [4.69, 9.17) is 9.97 Å². The van der Waals surface area contributed by atoms with Crippen LogP contribution in [0.15, 0.2) is 146 Å². The molecule has 5 heteroatoms. The van der Waals surface area contributed by atoms with E-state index >= 15 is 0 Å². The van der Waals surface area contributed by atoms with Crippen LogP contribution in [0.5, 0.6) is 5.75 Å². The van der Waals surface area contributed by atoms with Gasteiger partial charge in [0.05, 0.1) is 36.2 Å². The Morgan fingerprint density at radius 3 is 2.06 bits per heavy atom. The minimum Gasteiger partial charge on any atom is -0.507 e. The third-order valence-corrected chi connectivity index (χ3v) is 12.1. The summed E-state index contributed by atoms with van der Waals surface area (Å²) in [5.74, 6) is 0.201. The topological polar surface area (TPSA) is 50.9 Å². The molecule has 0 unspecified atom stereocenters. The van der Waals surface area contributed by atoms with Gasteiger partial charge in [0.25, 0.3) is 0 Å². The zero-order chi connectivity index (χ0) is 36.2. The summed E-state index contributed by atoms with van der Waals surface area (Å²) in [6.45, 7) is 13.9. The molecular formula is C47H43N3OSi. The van der Waals surface area contributed by atoms with Gasteiger partial charge in [-0.25, -0.2) is 4.98 Å². The van der Waals surface area contributed by atoms with Crippen LogP contribution < -0.4 is 5.19 Å². The first kappa shape index (κ1) is 33.4. The van der Waals surface area contributed by atoms with E-state index in [1.807, 2.05) is 30.5 Å². The molecule has 0 atom stereocenters. The molecule has 0 fully saturated rings. The number of aromatic nitrogens is 3. The van der Waals surface area contributed by atoms with Gasteiger partial charge >= 0.3 is 0 Å². The zero-order valence-corrected chi connectivity index (χ0v) is 31.6. The molecule has 256 valence electrons. The third-order valence-electron chi connectivity index (χ3n) is 10.0. The summed E-state index contributed by atoms with van der Waals surface area (Å²) >= 11 is 0. The van der Waals surface area contributed by atoms with Crippen LogP contribution in [0.2, 0.25) is 19.6 Å². The molecule has 0 saturated carbocycles. The molecular weight excluding hydrogens is 651 g/mol. The highest BCUT2D eigenvalue weighted by Crippen LogP contribution is 2.42. The predicted molar refractivity (Wildman–Crippen MR) is 221 cm³/mol. The van der Waals surface area contributed by atoms with Crippen LogP contribution in [0.4, 0.5) is 0 Å². The highest BCUT2D eigenvalue weighted by Gasteiger charge is 2.24. The fraction of sp³-hybridized carbons (Fsp3) is 0.149. The quantitative estimate of drug-likeness (QED) is 0.176. The van der Waals surface area contributed by atoms with Crippen LogP contribution in [0.1, 0.15) is 26.3 Å². The molecule has 5 aromatic carbocycles. The lowest BCUT2D eigenvalue weighted by Crippen LogP contribution is -2.37. The first-order chi connectivity index (χ1) is 25.0. The molecule has 1 N–H and O–H groups in total. The molecule has 52 heavy (non-hydrogen) atoms. The Kier molecular flexibility index (Phi) is 8.19. The first-order valence-corrected chi connectivity index (χ1v) is 21.5. The Labute approximate surface area is 307 Å². The molecule has 3 aromatic heterocycles. The van der Waals surface area contributed by atoms with Crippen molar-refractivity contribution in [2.45, 2.75) is 45.8 Å². The SMILES string of the molecule is CC(C)(C)c1cc(-c2cc(-c3ccccc3)ccn2)cc(-c2cc3c4ccccc4n(-c4cccc([Si](C)(C)C)c4)c3c(-c3ccccc3O)n2)c1. The lowest BCUT2D eigenvalue weighted by Gasteiger charge is -2.22. The number of aromatic hydroxyl groups is 1. The van der Waals surface area contributed by atoms with E-state index in [0.717, 1.165) is 66.8 Å². The van der Waals surface area contributed by atoms with Crippen LogP contribution in [0, 0.1) is 0 Å². The highest BCUT2D eigenvalue weighted by molar-refractivity contribution is 6.88. The van der Waals surface area contributed by atoms with Gasteiger partial charge < -0.3 is 9.67 Å². The van der Waals surface area contributed by atoms with Crippen molar-refractivity contribution in [1.82, 2.24) is 14.5 Å². The molecule has 3 heterocycles. The minimum absolute atomic E-state index is 0.121. The smallest absolute Gasteiger partial charge is 0.125 e. The Hall–Kier alpha value is -5.78. The molecule has 8 aromatic rings. The summed E-state index contributed by atoms with van der Waals surface area (Å²) < 4.78 is 2.34. The van der Waals surface area contributed by atoms with Crippen LogP contribution >= 0.6 is 0 Å². The number of hydrogen-bond acceptors (Lipinski definition) is 3. The number of nitrogens with zero attached hydrogens (tertiary/aromatic N) is 3. The number of fused-ring (bicyclic) bond motifs is 3. The van der Waals surface area contributed by atoms with E-state index in [9.17, 15) is 5.11 Å². The minimum atomic E-state index is -1.60. The van der Waals surface area contributed by atoms with Crippen molar-refractivity contribution in [3.8, 4) is 56.3 Å². The molecule has 0 radical (unpaired) electrons. The summed E-state index contributed by atoms with van der Waals surface area (Å²) in [4.78, 5) is 10.4. The molecule has 0 aliphatic heterocycles. The Bertz CT molecular complexity index is 2610. The number of pyridine rings is 2. The van der Waals surface area contributed by atoms with E-state index in [1.54, 1.807) is 6.07 Å². The number of phenols is 1. The second-order valence-electron chi connectivity index (χ2n) is 15.8. The van der Waals surface area contributed by atoms with E-state index in [1.165, 1.54) is 10.8 Å². The molecule has 0 bridgehead atoms. The largest absolute Gasteiger partial charge is 0.507 e. The fourth-order valence-electron chi connectivity index (χ4n) is 7.13. The van der Waals surface area contributed by atoms with Crippen molar-refractivity contribution in [1.29, 1.82) is 0 Å². The average molecular weight is 694 g/mol. The van der Waals surface area contributed by atoms with Crippen molar-refractivity contribution in [3.63, 3.8) is 0 Å². The number of phenolic OH excluding ortho intramolecular Hbond substituents is 1. The van der Waals surface area contributed by atoms with E-state index in [2.05, 4.69) is 154 Å². The second-order valence-corrected chi connectivity index (χ2v) is 20.8. The van der Waals surface area contributed by atoms with Crippen molar-refractivity contribution < 1.29 is 5.11 Å². The summed E-state index contributed by atoms with van der Waals surface area (Å²) in [5.41, 5.74) is 11.8. The van der Waals surface area contributed by atoms with Gasteiger partial charge in [0.2, 0.25) is 0 Å². The summed E-state index contributed by atoms with van der Waals surface area (Å²) in [6.07, 6.45) is 1.90. The van der Waals surface area contributed by atoms with E-state index < -0.39 is 8.07 Å². The number of hydrogen-bond donors (Lipinski definition) is 1. The fourth-order valence-corrected chi connectivity index (χ4v) is 8.31. The maximum absolute atomic E-state index is 11.4. The Morgan fingerprint density at radius 1 is 0.596 bits per heavy atom. The van der Waals surface area contributed by atoms with Gasteiger partial charge in [-0.1, -0.05) is 118 Å². The van der Waals surface area contributed by atoms with Gasteiger partial charge in [-0.3, -0.25) is 4.98 Å². The molecule has 0 aliphatic carbocycles. The van der Waals surface area contributed by atoms with Gasteiger partial charge in [-0.05, 0) is 88.8 Å². The lowest BCUT2D eigenvalue weighted by molar-refractivity contribution is 0.477. The van der Waals surface area contributed by atoms with Gasteiger partial charge in [0, 0.05) is 39.3 Å². The predicted octanol–water partition coefficient (Wildman–Crippen LogP) is 11.8. The average Bonchev–Trinajstić information content (AvgIpc) is 3.49. The van der Waals surface area contributed by atoms with Crippen molar-refractivity contribution in [2.75, 3.05) is 0 Å². The van der Waals surface area contributed by atoms with Crippen LogP contribution in [0.3, 0.4) is 0 Å². The maximum atomic E-state index is 11.4. The Morgan fingerprint density at radius 2 is 1.31 bits per heavy atom. The molecule has 0 saturated heterocycles. The standard InChI is InChI=1S/C47H43N3OSi/c1-47(2,3)35-26-33(41-28-32(23-24-48-41)31-15-8-7-9-16-31)25-34(27-35)42-30-40-38-19-10-12-21-43(38)50(36-17-14-18-37(29-36)52(4,5)6)46(40)45(49-42)39-20-11-13-22-44(39)51/h7-30,51H,1-6H3. The normalized spacial score (nSPS) is 12.1. The summed E-state index contributed by atoms with van der Waals surface area (Å²) in [5, 5.41) is 15.0. The van der Waals surface area contributed by atoms with Crippen molar-refractivity contribution in [2.24, 2.45) is 0 Å². The van der Waals surface area contributed by atoms with Crippen LogP contribution in [0.25, 0.3) is 72.4 Å². The van der Waals surface area contributed by atoms with Crippen LogP contribution in [-0.2, 0) is 5.41 Å². The summed E-state index contributed by atoms with van der Waals surface area (Å²) in [7, 11) is -1.60. The molecule has 0 spiro atoms. The number of para-hydroxylation sites is 2. The van der Waals surface area contributed by atoms with Crippen molar-refractivity contribution >= 4 is 35.1 Å². The zero-order valence-electron chi connectivity index (χ0n) is 30.6. The van der Waals surface area contributed by atoms with Gasteiger partial charge in [-0.15, -0.1) is 0 Å². The van der Waals surface area contributed by atoms with Crippen molar-refractivity contribution in [3.05, 3.63) is 151 Å². The van der Waals surface area contributed by atoms with Gasteiger partial charge in [0.15, 0.2) is 0 Å². The Balaban J connectivity index is 1.43. The molecule has 8 rings (SSSR count). The van der Waals surface area contributed by atoms with Gasteiger partial charge in [0.1, 0.15) is 5.75 Å². The lowest BCUT2D eigenvalue weighted by atomic mass is 9.84. The molecule has 0 aliphatic rings. The van der Waals surface area contributed by atoms with E-state index in [-0.39, 0.29) is 11.2 Å². The first-order valence-electron chi connectivity index (χ1n) is 18.0. The third kappa shape index (κ3) is 6.11. The van der Waals surface area contributed by atoms with Crippen LogP contribution in [-0.4, -0.2) is 27.7 Å². The number of benzene rings is 5. The van der Waals surface area contributed by atoms with Gasteiger partial charge in [-0.2, -0.15) is 0 Å². The monoisotopic (exact) mass is 693 g/mol. The number of rotatable bonds is 6. The summed E-state index contributed by atoms with van der Waals surface area (Å²) in [6, 6.07) is 48.8. The van der Waals surface area contributed by atoms with E-state index in [0.29, 0.717) is 5.56 Å². The highest BCUT2D eigenvalue weighted by atomic mass is 28.3. The molecule has 0 amide bonds. The second kappa shape index (κ2) is 12.8. The maximum Gasteiger partial charge on any atom is 0.125 e.